The molecule has 3 aliphatic carbocycles. The van der Waals surface area contributed by atoms with E-state index in [1.54, 1.807) is 0 Å². The number of phenols is 1. The molecule has 4 atom stereocenters. The molecule has 1 aromatic rings. The third kappa shape index (κ3) is 2.11. The van der Waals surface area contributed by atoms with E-state index in [1.807, 2.05) is 19.1 Å². The molecule has 2 saturated carbocycles. The molecule has 0 bridgehead atoms. The zero-order chi connectivity index (χ0) is 16.2. The van der Waals surface area contributed by atoms with Crippen molar-refractivity contribution < 1.29 is 19.7 Å². The number of Topliss-reactive ketones (excluding diaryl/α,β-unsaturated/α-hetero) is 1. The van der Waals surface area contributed by atoms with Crippen LogP contribution in [0.1, 0.15) is 56.1 Å². The van der Waals surface area contributed by atoms with Crippen LogP contribution in [0.5, 0.6) is 11.5 Å². The van der Waals surface area contributed by atoms with Crippen LogP contribution < -0.4 is 4.74 Å². The Bertz CT molecular complexity index is 653. The molecule has 124 valence electrons. The zero-order valence-corrected chi connectivity index (χ0v) is 13.5. The van der Waals surface area contributed by atoms with E-state index in [2.05, 4.69) is 0 Å². The van der Waals surface area contributed by atoms with Crippen LogP contribution in [0.3, 0.4) is 0 Å². The van der Waals surface area contributed by atoms with Crippen LogP contribution in [-0.2, 0) is 11.2 Å². The van der Waals surface area contributed by atoms with Gasteiger partial charge in [-0.15, -0.1) is 0 Å². The van der Waals surface area contributed by atoms with Gasteiger partial charge in [-0.2, -0.15) is 0 Å². The van der Waals surface area contributed by atoms with E-state index in [1.165, 1.54) is 11.1 Å². The lowest BCUT2D eigenvalue weighted by Crippen LogP contribution is -2.49. The fourth-order valence-electron chi connectivity index (χ4n) is 5.28. The lowest BCUT2D eigenvalue weighted by Gasteiger charge is -2.47. The molecule has 4 nitrogen and oxygen atoms in total. The largest absolute Gasteiger partial charge is 0.504 e. The maximum atomic E-state index is 12.1. The van der Waals surface area contributed by atoms with Crippen LogP contribution >= 0.6 is 0 Å². The first-order valence-corrected chi connectivity index (χ1v) is 8.79. The Labute approximate surface area is 136 Å². The highest BCUT2D eigenvalue weighted by atomic mass is 16.5. The van der Waals surface area contributed by atoms with Gasteiger partial charge in [0.25, 0.3) is 0 Å². The number of rotatable bonds is 2. The molecule has 23 heavy (non-hydrogen) atoms. The Morgan fingerprint density at radius 3 is 2.87 bits per heavy atom. The van der Waals surface area contributed by atoms with Crippen molar-refractivity contribution in [2.75, 3.05) is 6.61 Å². The third-order valence-corrected chi connectivity index (χ3v) is 6.32. The van der Waals surface area contributed by atoms with Gasteiger partial charge >= 0.3 is 0 Å². The number of aryl methyl sites for hydroxylation is 1. The quantitative estimate of drug-likeness (QED) is 0.880. The minimum Gasteiger partial charge on any atom is -0.504 e. The van der Waals surface area contributed by atoms with Crippen LogP contribution in [0.4, 0.5) is 0 Å². The number of ketones is 1. The number of phenolic OH excluding ortho intramolecular Hbond substituents is 1. The Kier molecular flexibility index (Phi) is 3.41. The molecule has 0 radical (unpaired) electrons. The summed E-state index contributed by atoms with van der Waals surface area (Å²) in [4.78, 5) is 12.1. The van der Waals surface area contributed by atoms with E-state index in [-0.39, 0.29) is 17.5 Å². The minimum atomic E-state index is -1.07. The highest BCUT2D eigenvalue weighted by molar-refractivity contribution is 5.89. The van der Waals surface area contributed by atoms with E-state index < -0.39 is 5.60 Å². The topological polar surface area (TPSA) is 66.8 Å². The van der Waals surface area contributed by atoms with Crippen molar-refractivity contribution in [3.63, 3.8) is 0 Å². The summed E-state index contributed by atoms with van der Waals surface area (Å²) in [5, 5.41) is 20.9. The van der Waals surface area contributed by atoms with Crippen molar-refractivity contribution in [1.82, 2.24) is 0 Å². The Morgan fingerprint density at radius 1 is 1.26 bits per heavy atom. The van der Waals surface area contributed by atoms with Crippen molar-refractivity contribution in [2.45, 2.75) is 57.0 Å². The van der Waals surface area contributed by atoms with Crippen molar-refractivity contribution in [2.24, 2.45) is 11.8 Å². The molecule has 2 fully saturated rings. The van der Waals surface area contributed by atoms with Gasteiger partial charge < -0.3 is 14.9 Å². The van der Waals surface area contributed by atoms with Crippen LogP contribution in [0, 0.1) is 11.8 Å². The first kappa shape index (κ1) is 15.0. The van der Waals surface area contributed by atoms with Crippen LogP contribution in [0.25, 0.3) is 0 Å². The van der Waals surface area contributed by atoms with Crippen LogP contribution in [0.15, 0.2) is 12.1 Å². The highest BCUT2D eigenvalue weighted by Crippen LogP contribution is 2.56. The summed E-state index contributed by atoms with van der Waals surface area (Å²) in [5.74, 6) is 1.66. The van der Waals surface area contributed by atoms with Gasteiger partial charge in [0.15, 0.2) is 17.3 Å². The summed E-state index contributed by atoms with van der Waals surface area (Å²) in [6, 6.07) is 3.84. The second-order valence-electron chi connectivity index (χ2n) is 7.29. The van der Waals surface area contributed by atoms with Gasteiger partial charge in [0.2, 0.25) is 0 Å². The summed E-state index contributed by atoms with van der Waals surface area (Å²) >= 11 is 0. The van der Waals surface area contributed by atoms with Gasteiger partial charge in [-0.25, -0.2) is 0 Å². The summed E-state index contributed by atoms with van der Waals surface area (Å²) in [7, 11) is 0. The Balaban J connectivity index is 1.71. The van der Waals surface area contributed by atoms with Gasteiger partial charge in [0.05, 0.1) is 6.61 Å². The summed E-state index contributed by atoms with van der Waals surface area (Å²) < 4.78 is 5.55. The maximum Gasteiger partial charge on any atom is 0.164 e. The molecule has 4 rings (SSSR count). The van der Waals surface area contributed by atoms with Gasteiger partial charge in [-0.1, -0.05) is 0 Å². The van der Waals surface area contributed by atoms with Crippen molar-refractivity contribution in [1.29, 1.82) is 0 Å². The molecule has 0 saturated heterocycles. The molecular weight excluding hydrogens is 292 g/mol. The van der Waals surface area contributed by atoms with Gasteiger partial charge in [0, 0.05) is 6.42 Å². The number of fused-ring (bicyclic) bond motifs is 5. The van der Waals surface area contributed by atoms with E-state index in [4.69, 9.17) is 4.74 Å². The molecule has 2 N–H and O–H groups in total. The second kappa shape index (κ2) is 5.23. The normalized spacial score (nSPS) is 35.4. The predicted octanol–water partition coefficient (Wildman–Crippen LogP) is 2.94. The Morgan fingerprint density at radius 2 is 2.09 bits per heavy atom. The molecule has 3 aliphatic rings. The molecule has 3 unspecified atom stereocenters. The average Bonchev–Trinajstić information content (AvgIpc) is 2.84. The number of aliphatic hydroxyl groups is 1. The minimum absolute atomic E-state index is 0.0486. The first-order valence-electron chi connectivity index (χ1n) is 8.79. The number of carbonyl (C=O) groups excluding carboxylic acids is 1. The predicted molar refractivity (Wildman–Crippen MR) is 85.7 cm³/mol. The zero-order valence-electron chi connectivity index (χ0n) is 13.5. The van der Waals surface area contributed by atoms with Crippen LogP contribution in [0.2, 0.25) is 0 Å². The number of carbonyl (C=O) groups is 1. The first-order chi connectivity index (χ1) is 11.0. The van der Waals surface area contributed by atoms with Crippen molar-refractivity contribution in [3.05, 3.63) is 23.3 Å². The standard InChI is InChI=1S/C19H24O4/c1-2-23-17-10-14-11(9-16(17)20)3-4-13-12(14)7-8-19(22)15(13)5-6-18(19)21/h9-10,12-13,15,20,22H,2-8H2,1H3/t12?,13?,15?,19-/m1/s1. The average molecular weight is 316 g/mol. The summed E-state index contributed by atoms with van der Waals surface area (Å²) in [5.41, 5.74) is 1.38. The highest BCUT2D eigenvalue weighted by Gasteiger charge is 2.56. The smallest absolute Gasteiger partial charge is 0.164 e. The second-order valence-corrected chi connectivity index (χ2v) is 7.29. The number of ether oxygens (including phenoxy) is 1. The lowest BCUT2D eigenvalue weighted by atomic mass is 9.59. The SMILES string of the molecule is CCOc1cc2c(cc1O)CCC1C2CC[C@]2(O)C(=O)CCC12. The van der Waals surface area contributed by atoms with Gasteiger partial charge in [-0.3, -0.25) is 4.79 Å². The van der Waals surface area contributed by atoms with Crippen molar-refractivity contribution in [3.8, 4) is 11.5 Å². The summed E-state index contributed by atoms with van der Waals surface area (Å²) in [6.45, 7) is 2.43. The third-order valence-electron chi connectivity index (χ3n) is 6.32. The maximum absolute atomic E-state index is 12.1. The molecular formula is C19H24O4. The fourth-order valence-corrected chi connectivity index (χ4v) is 5.28. The molecule has 4 heteroatoms. The number of aromatic hydroxyl groups is 1. The molecule has 0 aromatic heterocycles. The fraction of sp³-hybridized carbons (Fsp3) is 0.632. The monoisotopic (exact) mass is 316 g/mol. The van der Waals surface area contributed by atoms with Crippen LogP contribution in [-0.4, -0.2) is 28.2 Å². The summed E-state index contributed by atoms with van der Waals surface area (Å²) in [6.07, 6.45) is 4.65. The van der Waals surface area contributed by atoms with Gasteiger partial charge in [0.1, 0.15) is 5.60 Å². The molecule has 0 heterocycles. The Hall–Kier alpha value is -1.55. The molecule has 0 spiro atoms. The van der Waals surface area contributed by atoms with Crippen molar-refractivity contribution >= 4 is 5.78 Å². The van der Waals surface area contributed by atoms with E-state index >= 15 is 0 Å². The molecule has 1 aromatic carbocycles. The van der Waals surface area contributed by atoms with E-state index in [9.17, 15) is 15.0 Å². The molecule has 0 aliphatic heterocycles. The molecule has 0 amide bonds. The van der Waals surface area contributed by atoms with Gasteiger partial charge in [-0.05, 0) is 80.0 Å². The van der Waals surface area contributed by atoms with E-state index in [0.29, 0.717) is 37.0 Å². The lowest BCUT2D eigenvalue weighted by molar-refractivity contribution is -0.143. The number of benzene rings is 1. The number of hydrogen-bond acceptors (Lipinski definition) is 4. The van der Waals surface area contributed by atoms with E-state index in [0.717, 1.165) is 25.7 Å². The number of hydrogen-bond donors (Lipinski definition) is 2.